The summed E-state index contributed by atoms with van der Waals surface area (Å²) in [5, 5.41) is 0. The lowest BCUT2D eigenvalue weighted by Crippen LogP contribution is -2.01. The predicted molar refractivity (Wildman–Crippen MR) is 77.1 cm³/mol. The van der Waals surface area contributed by atoms with Crippen LogP contribution in [0, 0.1) is 0 Å². The highest BCUT2D eigenvalue weighted by Gasteiger charge is 1.98. The summed E-state index contributed by atoms with van der Waals surface area (Å²) in [6, 6.07) is 20.5. The molecule has 88 valence electrons. The molecule has 0 unspecified atom stereocenters. The maximum atomic E-state index is 5.78. The van der Waals surface area contributed by atoms with E-state index in [2.05, 4.69) is 30.3 Å². The van der Waals surface area contributed by atoms with Crippen molar-refractivity contribution in [2.45, 2.75) is 0 Å². The second-order valence-corrected chi connectivity index (χ2v) is 3.65. The minimum atomic E-state index is 0. The first-order chi connectivity index (χ1) is 7.90. The van der Waals surface area contributed by atoms with Crippen molar-refractivity contribution in [1.82, 2.24) is 0 Å². The average Bonchev–Trinajstić information content (AvgIpc) is 2.38. The minimum absolute atomic E-state index is 0. The molecule has 0 bridgehead atoms. The summed E-state index contributed by atoms with van der Waals surface area (Å²) in [6.45, 7) is 0.554. The van der Waals surface area contributed by atoms with Gasteiger partial charge >= 0.3 is 0 Å². The fourth-order valence-corrected chi connectivity index (χ4v) is 1.66. The highest BCUT2D eigenvalue weighted by molar-refractivity contribution is 5.85. The van der Waals surface area contributed by atoms with Gasteiger partial charge in [-0.15, -0.1) is 12.4 Å². The molecule has 2 aromatic rings. The molecule has 0 amide bonds. The Morgan fingerprint density at radius 1 is 0.882 bits per heavy atom. The van der Waals surface area contributed by atoms with Gasteiger partial charge in [-0.1, -0.05) is 60.7 Å². The fraction of sp³-hybridized carbons (Fsp3) is 0.0667. The lowest BCUT2D eigenvalue weighted by Gasteiger charge is -2.04. The van der Waals surface area contributed by atoms with E-state index < -0.39 is 0 Å². The van der Waals surface area contributed by atoms with E-state index in [1.54, 1.807) is 0 Å². The van der Waals surface area contributed by atoms with Crippen LogP contribution in [0.3, 0.4) is 0 Å². The van der Waals surface area contributed by atoms with Gasteiger partial charge in [-0.05, 0) is 22.8 Å². The molecule has 0 fully saturated rings. The van der Waals surface area contributed by atoms with Crippen LogP contribution in [0.5, 0.6) is 0 Å². The van der Waals surface area contributed by atoms with Crippen molar-refractivity contribution in [3.63, 3.8) is 0 Å². The second-order valence-electron chi connectivity index (χ2n) is 3.65. The standard InChI is InChI=1S/C15H15N.ClH/c16-12-15(14-9-5-2-6-10-14)11-13-7-3-1-4-8-13;/h1-11H,12,16H2;1H. The molecule has 0 saturated heterocycles. The zero-order valence-electron chi connectivity index (χ0n) is 9.54. The van der Waals surface area contributed by atoms with E-state index in [4.69, 9.17) is 5.73 Å². The van der Waals surface area contributed by atoms with Gasteiger partial charge in [-0.2, -0.15) is 0 Å². The molecule has 1 nitrogen and oxygen atoms in total. The largest absolute Gasteiger partial charge is 0.326 e. The third kappa shape index (κ3) is 3.74. The third-order valence-electron chi connectivity index (χ3n) is 2.50. The first-order valence-corrected chi connectivity index (χ1v) is 5.41. The Morgan fingerprint density at radius 2 is 1.41 bits per heavy atom. The molecule has 2 aromatic carbocycles. The molecule has 0 aliphatic carbocycles. The molecule has 0 radical (unpaired) electrons. The summed E-state index contributed by atoms with van der Waals surface area (Å²) in [6.07, 6.45) is 2.13. The van der Waals surface area contributed by atoms with Gasteiger partial charge in [0.25, 0.3) is 0 Å². The van der Waals surface area contributed by atoms with Gasteiger partial charge in [-0.3, -0.25) is 0 Å². The quantitative estimate of drug-likeness (QED) is 0.822. The lowest BCUT2D eigenvalue weighted by atomic mass is 10.0. The minimum Gasteiger partial charge on any atom is -0.326 e. The van der Waals surface area contributed by atoms with Crippen LogP contribution in [-0.4, -0.2) is 6.54 Å². The van der Waals surface area contributed by atoms with Gasteiger partial charge in [0, 0.05) is 6.54 Å². The molecule has 0 saturated carbocycles. The van der Waals surface area contributed by atoms with Gasteiger partial charge in [0.2, 0.25) is 0 Å². The van der Waals surface area contributed by atoms with Gasteiger partial charge in [-0.25, -0.2) is 0 Å². The maximum absolute atomic E-state index is 5.78. The van der Waals surface area contributed by atoms with Crippen LogP contribution >= 0.6 is 12.4 Å². The number of hydrogen-bond donors (Lipinski definition) is 1. The van der Waals surface area contributed by atoms with E-state index >= 15 is 0 Å². The van der Waals surface area contributed by atoms with Crippen molar-refractivity contribution in [2.24, 2.45) is 5.73 Å². The summed E-state index contributed by atoms with van der Waals surface area (Å²) >= 11 is 0. The van der Waals surface area contributed by atoms with Crippen LogP contribution in [0.2, 0.25) is 0 Å². The number of hydrogen-bond acceptors (Lipinski definition) is 1. The molecule has 2 heteroatoms. The van der Waals surface area contributed by atoms with Crippen molar-refractivity contribution in [1.29, 1.82) is 0 Å². The Hall–Kier alpha value is -1.57. The molecule has 0 aromatic heterocycles. The first-order valence-electron chi connectivity index (χ1n) is 5.41. The maximum Gasteiger partial charge on any atom is 0.0184 e. The number of benzene rings is 2. The Bertz CT molecular complexity index is 463. The molecule has 17 heavy (non-hydrogen) atoms. The van der Waals surface area contributed by atoms with Crippen LogP contribution < -0.4 is 5.73 Å². The Labute approximate surface area is 108 Å². The molecule has 0 atom stereocenters. The summed E-state index contributed by atoms with van der Waals surface area (Å²) in [4.78, 5) is 0. The average molecular weight is 246 g/mol. The molecule has 0 spiro atoms. The summed E-state index contributed by atoms with van der Waals surface area (Å²) in [7, 11) is 0. The van der Waals surface area contributed by atoms with E-state index in [-0.39, 0.29) is 12.4 Å². The van der Waals surface area contributed by atoms with Gasteiger partial charge in [0.05, 0.1) is 0 Å². The monoisotopic (exact) mass is 245 g/mol. The molecular weight excluding hydrogens is 230 g/mol. The van der Waals surface area contributed by atoms with E-state index in [0.29, 0.717) is 6.54 Å². The van der Waals surface area contributed by atoms with E-state index in [1.807, 2.05) is 36.4 Å². The third-order valence-corrected chi connectivity index (χ3v) is 2.50. The first kappa shape index (κ1) is 13.5. The van der Waals surface area contributed by atoms with Crippen LogP contribution in [0.1, 0.15) is 11.1 Å². The van der Waals surface area contributed by atoms with Gasteiger partial charge in [0.1, 0.15) is 0 Å². The number of halogens is 1. The molecule has 2 N–H and O–H groups in total. The highest BCUT2D eigenvalue weighted by Crippen LogP contribution is 2.16. The van der Waals surface area contributed by atoms with E-state index in [9.17, 15) is 0 Å². The predicted octanol–water partition coefficient (Wildman–Crippen LogP) is 3.61. The molecule has 0 heterocycles. The normalized spacial score (nSPS) is 10.8. The summed E-state index contributed by atoms with van der Waals surface area (Å²) in [5.41, 5.74) is 9.32. The molecule has 0 aliphatic rings. The Morgan fingerprint density at radius 3 is 1.94 bits per heavy atom. The summed E-state index contributed by atoms with van der Waals surface area (Å²) in [5.74, 6) is 0. The number of nitrogens with two attached hydrogens (primary N) is 1. The van der Waals surface area contributed by atoms with E-state index in [1.165, 1.54) is 11.1 Å². The zero-order valence-corrected chi connectivity index (χ0v) is 10.4. The molecule has 0 aliphatic heterocycles. The highest BCUT2D eigenvalue weighted by atomic mass is 35.5. The smallest absolute Gasteiger partial charge is 0.0184 e. The van der Waals surface area contributed by atoms with Crippen molar-refractivity contribution in [2.75, 3.05) is 6.54 Å². The van der Waals surface area contributed by atoms with Crippen molar-refractivity contribution in [3.8, 4) is 0 Å². The topological polar surface area (TPSA) is 26.0 Å². The van der Waals surface area contributed by atoms with Crippen LogP contribution in [0.25, 0.3) is 11.6 Å². The Balaban J connectivity index is 0.00000144. The molecular formula is C15H16ClN. The van der Waals surface area contributed by atoms with Crippen LogP contribution in [-0.2, 0) is 0 Å². The SMILES string of the molecule is Cl.NCC(=Cc1ccccc1)c1ccccc1. The fourth-order valence-electron chi connectivity index (χ4n) is 1.66. The van der Waals surface area contributed by atoms with Gasteiger partial charge < -0.3 is 5.73 Å². The second kappa shape index (κ2) is 6.89. The van der Waals surface area contributed by atoms with Crippen LogP contribution in [0.4, 0.5) is 0 Å². The van der Waals surface area contributed by atoms with Crippen molar-refractivity contribution in [3.05, 3.63) is 71.8 Å². The molecule has 2 rings (SSSR count). The number of rotatable bonds is 3. The zero-order chi connectivity index (χ0) is 11.2. The Kier molecular flexibility index (Phi) is 5.47. The van der Waals surface area contributed by atoms with E-state index in [0.717, 1.165) is 5.57 Å². The lowest BCUT2D eigenvalue weighted by molar-refractivity contribution is 1.27. The van der Waals surface area contributed by atoms with Gasteiger partial charge in [0.15, 0.2) is 0 Å². The van der Waals surface area contributed by atoms with Crippen molar-refractivity contribution < 1.29 is 0 Å². The summed E-state index contributed by atoms with van der Waals surface area (Å²) < 4.78 is 0. The van der Waals surface area contributed by atoms with Crippen molar-refractivity contribution >= 4 is 24.1 Å². The van der Waals surface area contributed by atoms with Crippen LogP contribution in [0.15, 0.2) is 60.7 Å².